The number of rotatable bonds is 1. The summed E-state index contributed by atoms with van der Waals surface area (Å²) in [6, 6.07) is 6.38. The van der Waals surface area contributed by atoms with Crippen LogP contribution in [0.25, 0.3) is 0 Å². The van der Waals surface area contributed by atoms with Crippen LogP contribution in [0.3, 0.4) is 0 Å². The second kappa shape index (κ2) is 4.19. The fourth-order valence-corrected chi connectivity index (χ4v) is 3.88. The van der Waals surface area contributed by atoms with Gasteiger partial charge in [0, 0.05) is 12.1 Å². The standard InChI is InChI=1S/C16H22FN3O/c1-14(2)9-16(15(3,4)21-14)10-19-13(18)20(16)12-7-5-11(17)6-8-12/h5-8H,9-10H2,1-4H3,(H2,18,19). The van der Waals surface area contributed by atoms with Crippen molar-refractivity contribution in [3.05, 3.63) is 30.1 Å². The number of aliphatic imine (C=N–C) groups is 1. The average molecular weight is 291 g/mol. The third-order valence-corrected chi connectivity index (χ3v) is 4.61. The number of nitrogens with two attached hydrogens (primary N) is 1. The lowest BCUT2D eigenvalue weighted by molar-refractivity contribution is -0.0764. The molecular formula is C16H22FN3O. The first-order valence-electron chi connectivity index (χ1n) is 7.23. The van der Waals surface area contributed by atoms with Crippen molar-refractivity contribution < 1.29 is 9.13 Å². The first-order valence-corrected chi connectivity index (χ1v) is 7.23. The minimum Gasteiger partial charge on any atom is -0.369 e. The Hall–Kier alpha value is -1.62. The molecule has 1 aromatic carbocycles. The molecule has 2 aliphatic heterocycles. The summed E-state index contributed by atoms with van der Waals surface area (Å²) in [7, 11) is 0. The van der Waals surface area contributed by atoms with E-state index in [1.54, 1.807) is 12.1 Å². The van der Waals surface area contributed by atoms with Crippen LogP contribution in [-0.2, 0) is 4.74 Å². The van der Waals surface area contributed by atoms with Crippen molar-refractivity contribution in [2.45, 2.75) is 50.9 Å². The van der Waals surface area contributed by atoms with Crippen LogP contribution in [0, 0.1) is 5.82 Å². The first-order chi connectivity index (χ1) is 9.67. The highest BCUT2D eigenvalue weighted by Gasteiger charge is 2.62. The summed E-state index contributed by atoms with van der Waals surface area (Å²) in [5, 5.41) is 0. The van der Waals surface area contributed by atoms with E-state index >= 15 is 0 Å². The predicted molar refractivity (Wildman–Crippen MR) is 82.0 cm³/mol. The molecule has 1 spiro atoms. The molecule has 114 valence electrons. The minimum atomic E-state index is -0.407. The number of benzene rings is 1. The normalized spacial score (nSPS) is 30.0. The van der Waals surface area contributed by atoms with E-state index in [1.807, 2.05) is 4.90 Å². The Kier molecular flexibility index (Phi) is 2.86. The van der Waals surface area contributed by atoms with Gasteiger partial charge in [0.05, 0.1) is 23.3 Å². The molecule has 21 heavy (non-hydrogen) atoms. The molecule has 5 heteroatoms. The highest BCUT2D eigenvalue weighted by atomic mass is 19.1. The summed E-state index contributed by atoms with van der Waals surface area (Å²) in [5.41, 5.74) is 6.00. The summed E-state index contributed by atoms with van der Waals surface area (Å²) in [6.45, 7) is 8.91. The Balaban J connectivity index is 2.09. The van der Waals surface area contributed by atoms with Gasteiger partial charge in [-0.1, -0.05) is 0 Å². The van der Waals surface area contributed by atoms with Crippen molar-refractivity contribution in [2.75, 3.05) is 11.4 Å². The molecule has 2 N–H and O–H groups in total. The Morgan fingerprint density at radius 3 is 2.33 bits per heavy atom. The number of nitrogens with zero attached hydrogens (tertiary/aromatic N) is 2. The van der Waals surface area contributed by atoms with E-state index in [-0.39, 0.29) is 17.0 Å². The molecule has 1 saturated heterocycles. The van der Waals surface area contributed by atoms with Gasteiger partial charge in [-0.15, -0.1) is 0 Å². The van der Waals surface area contributed by atoms with Gasteiger partial charge < -0.3 is 15.4 Å². The molecule has 1 unspecified atom stereocenters. The predicted octanol–water partition coefficient (Wildman–Crippen LogP) is 2.68. The van der Waals surface area contributed by atoms with Crippen LogP contribution >= 0.6 is 0 Å². The van der Waals surface area contributed by atoms with Gasteiger partial charge >= 0.3 is 0 Å². The van der Waals surface area contributed by atoms with Crippen LogP contribution in [0.4, 0.5) is 10.1 Å². The largest absolute Gasteiger partial charge is 0.369 e. The molecule has 4 nitrogen and oxygen atoms in total. The van der Waals surface area contributed by atoms with Crippen LogP contribution in [0.1, 0.15) is 34.1 Å². The smallest absolute Gasteiger partial charge is 0.196 e. The van der Waals surface area contributed by atoms with Gasteiger partial charge in [0.25, 0.3) is 0 Å². The van der Waals surface area contributed by atoms with E-state index in [2.05, 4.69) is 32.7 Å². The molecule has 2 heterocycles. The lowest BCUT2D eigenvalue weighted by atomic mass is 9.78. The van der Waals surface area contributed by atoms with Crippen molar-refractivity contribution >= 4 is 11.6 Å². The lowest BCUT2D eigenvalue weighted by Crippen LogP contribution is -2.61. The number of guanidine groups is 1. The SMILES string of the molecule is CC1(C)CC2(CN=C(N)N2c2ccc(F)cc2)C(C)(C)O1. The van der Waals surface area contributed by atoms with Gasteiger partial charge in [-0.05, 0) is 52.0 Å². The highest BCUT2D eigenvalue weighted by Crippen LogP contribution is 2.51. The second-order valence-electron chi connectivity index (χ2n) is 7.07. The molecular weight excluding hydrogens is 269 g/mol. The molecule has 0 amide bonds. The van der Waals surface area contributed by atoms with Gasteiger partial charge in [0.2, 0.25) is 0 Å². The molecule has 1 atom stereocenters. The zero-order valence-electron chi connectivity index (χ0n) is 13.0. The minimum absolute atomic E-state index is 0.248. The van der Waals surface area contributed by atoms with E-state index in [4.69, 9.17) is 10.5 Å². The quantitative estimate of drug-likeness (QED) is 0.865. The van der Waals surface area contributed by atoms with Gasteiger partial charge in [-0.3, -0.25) is 4.99 Å². The Morgan fingerprint density at radius 2 is 1.81 bits per heavy atom. The summed E-state index contributed by atoms with van der Waals surface area (Å²) < 4.78 is 19.5. The highest BCUT2D eigenvalue weighted by molar-refractivity contribution is 5.98. The molecule has 0 aromatic heterocycles. The summed E-state index contributed by atoms with van der Waals surface area (Å²) in [5.74, 6) is 0.209. The maximum Gasteiger partial charge on any atom is 0.196 e. The maximum absolute atomic E-state index is 13.2. The number of hydrogen-bond acceptors (Lipinski definition) is 4. The zero-order chi connectivity index (χ0) is 15.5. The average Bonchev–Trinajstić information content (AvgIpc) is 2.76. The van der Waals surface area contributed by atoms with E-state index in [9.17, 15) is 4.39 Å². The van der Waals surface area contributed by atoms with Gasteiger partial charge in [0.1, 0.15) is 5.82 Å². The first kappa shape index (κ1) is 14.3. The fourth-order valence-electron chi connectivity index (χ4n) is 3.88. The zero-order valence-corrected chi connectivity index (χ0v) is 13.0. The third-order valence-electron chi connectivity index (χ3n) is 4.61. The molecule has 0 saturated carbocycles. The number of anilines is 1. The topological polar surface area (TPSA) is 50.8 Å². The van der Waals surface area contributed by atoms with Crippen molar-refractivity contribution in [3.8, 4) is 0 Å². The molecule has 2 aliphatic rings. The van der Waals surface area contributed by atoms with E-state index in [1.165, 1.54) is 12.1 Å². The van der Waals surface area contributed by atoms with Crippen molar-refractivity contribution in [3.63, 3.8) is 0 Å². The number of halogens is 1. The number of hydrogen-bond donors (Lipinski definition) is 1. The van der Waals surface area contributed by atoms with E-state index in [0.29, 0.717) is 12.5 Å². The van der Waals surface area contributed by atoms with Crippen LogP contribution < -0.4 is 10.6 Å². The van der Waals surface area contributed by atoms with E-state index < -0.39 is 5.60 Å². The molecule has 1 aromatic rings. The fraction of sp³-hybridized carbons (Fsp3) is 0.562. The summed E-state index contributed by atoms with van der Waals surface area (Å²) in [4.78, 5) is 6.47. The van der Waals surface area contributed by atoms with Crippen LogP contribution in [0.15, 0.2) is 29.3 Å². The summed E-state index contributed by atoms with van der Waals surface area (Å²) in [6.07, 6.45) is 0.814. The van der Waals surface area contributed by atoms with Gasteiger partial charge in [-0.2, -0.15) is 0 Å². The Morgan fingerprint density at radius 1 is 1.19 bits per heavy atom. The maximum atomic E-state index is 13.2. The monoisotopic (exact) mass is 291 g/mol. The number of ether oxygens (including phenoxy) is 1. The molecule has 0 radical (unpaired) electrons. The Bertz CT molecular complexity index is 594. The van der Waals surface area contributed by atoms with Crippen molar-refractivity contribution in [1.82, 2.24) is 0 Å². The van der Waals surface area contributed by atoms with E-state index in [0.717, 1.165) is 12.1 Å². The third kappa shape index (κ3) is 2.02. The molecule has 0 bridgehead atoms. The van der Waals surface area contributed by atoms with Crippen molar-refractivity contribution in [2.24, 2.45) is 10.7 Å². The van der Waals surface area contributed by atoms with Crippen LogP contribution in [0.5, 0.6) is 0 Å². The molecule has 3 rings (SSSR count). The second-order valence-corrected chi connectivity index (χ2v) is 7.07. The molecule has 1 fully saturated rings. The van der Waals surface area contributed by atoms with Gasteiger partial charge in [-0.25, -0.2) is 4.39 Å². The van der Waals surface area contributed by atoms with Crippen LogP contribution in [0.2, 0.25) is 0 Å². The van der Waals surface area contributed by atoms with Crippen LogP contribution in [-0.4, -0.2) is 29.2 Å². The Labute approximate surface area is 124 Å². The molecule has 0 aliphatic carbocycles. The van der Waals surface area contributed by atoms with Crippen molar-refractivity contribution in [1.29, 1.82) is 0 Å². The van der Waals surface area contributed by atoms with Gasteiger partial charge in [0.15, 0.2) is 5.96 Å². The lowest BCUT2D eigenvalue weighted by Gasteiger charge is -2.44. The summed E-state index contributed by atoms with van der Waals surface area (Å²) >= 11 is 0.